The molecule has 2 unspecified atom stereocenters. The Morgan fingerprint density at radius 2 is 1.97 bits per heavy atom. The number of para-hydroxylation sites is 1. The third-order valence-corrected chi connectivity index (χ3v) is 6.09. The Morgan fingerprint density at radius 3 is 2.66 bits per heavy atom. The van der Waals surface area contributed by atoms with E-state index in [2.05, 4.69) is 11.0 Å². The van der Waals surface area contributed by atoms with E-state index in [4.69, 9.17) is 9.47 Å². The zero-order valence-electron chi connectivity index (χ0n) is 18.9. The van der Waals surface area contributed by atoms with Gasteiger partial charge in [-0.15, -0.1) is 0 Å². The van der Waals surface area contributed by atoms with Gasteiger partial charge < -0.3 is 14.4 Å². The van der Waals surface area contributed by atoms with Gasteiger partial charge in [0.15, 0.2) is 0 Å². The topological polar surface area (TPSA) is 85.2 Å². The largest absolute Gasteiger partial charge is 0.497 e. The normalized spacial score (nSPS) is 18.5. The van der Waals surface area contributed by atoms with Crippen molar-refractivity contribution < 1.29 is 19.2 Å². The quantitative estimate of drug-likeness (QED) is 0.415. The highest BCUT2D eigenvalue weighted by Gasteiger charge is 2.36. The Balaban J connectivity index is 1.85. The van der Waals surface area contributed by atoms with Gasteiger partial charge in [-0.25, -0.2) is 0 Å². The third kappa shape index (κ3) is 5.83. The van der Waals surface area contributed by atoms with E-state index in [0.717, 1.165) is 24.4 Å². The standard InChI is InChI=1S/C24H31N3O5/c1-18(28)26(11-12-31-2)16-21-15-25(14-20-7-4-5-10-24(20)27(29)30)17-23(21)19-8-6-9-22(13-19)32-3/h4-10,13,21,23H,11-12,14-17H2,1-3H3. The number of nitrogens with zero attached hydrogens (tertiary/aromatic N) is 3. The molecule has 32 heavy (non-hydrogen) atoms. The summed E-state index contributed by atoms with van der Waals surface area (Å²) >= 11 is 0. The average molecular weight is 442 g/mol. The number of nitro benzene ring substituents is 1. The fourth-order valence-electron chi connectivity index (χ4n) is 4.45. The van der Waals surface area contributed by atoms with Crippen LogP contribution < -0.4 is 4.74 Å². The van der Waals surface area contributed by atoms with Gasteiger partial charge in [0.1, 0.15) is 5.75 Å². The van der Waals surface area contributed by atoms with Gasteiger partial charge in [0.05, 0.1) is 18.6 Å². The smallest absolute Gasteiger partial charge is 0.273 e. The first-order valence-electron chi connectivity index (χ1n) is 10.8. The van der Waals surface area contributed by atoms with E-state index in [-0.39, 0.29) is 28.4 Å². The van der Waals surface area contributed by atoms with Crippen LogP contribution in [0.2, 0.25) is 0 Å². The average Bonchev–Trinajstić information content (AvgIpc) is 3.18. The van der Waals surface area contributed by atoms with E-state index < -0.39 is 0 Å². The van der Waals surface area contributed by atoms with Crippen molar-refractivity contribution >= 4 is 11.6 Å². The molecule has 3 rings (SSSR count). The minimum absolute atomic E-state index is 0.0172. The monoisotopic (exact) mass is 441 g/mol. The highest BCUT2D eigenvalue weighted by Crippen LogP contribution is 2.36. The Kier molecular flexibility index (Phi) is 8.19. The maximum absolute atomic E-state index is 12.2. The fraction of sp³-hybridized carbons (Fsp3) is 0.458. The number of hydrogen-bond acceptors (Lipinski definition) is 6. The first kappa shape index (κ1) is 23.7. The fourth-order valence-corrected chi connectivity index (χ4v) is 4.45. The summed E-state index contributed by atoms with van der Waals surface area (Å²) in [5, 5.41) is 11.5. The second-order valence-electron chi connectivity index (χ2n) is 8.18. The number of methoxy groups -OCH3 is 2. The number of ether oxygens (including phenoxy) is 2. The number of nitro groups is 1. The lowest BCUT2D eigenvalue weighted by Crippen LogP contribution is -2.38. The maximum atomic E-state index is 12.2. The molecule has 0 saturated carbocycles. The SMILES string of the molecule is COCCN(CC1CN(Cc2ccccc2[N+](=O)[O-])CC1c1cccc(OC)c1)C(C)=O. The van der Waals surface area contributed by atoms with Crippen LogP contribution in [-0.4, -0.2) is 67.6 Å². The van der Waals surface area contributed by atoms with E-state index in [1.165, 1.54) is 0 Å². The molecule has 8 nitrogen and oxygen atoms in total. The molecule has 1 aliphatic heterocycles. The molecule has 2 atom stereocenters. The zero-order chi connectivity index (χ0) is 23.1. The number of carbonyl (C=O) groups is 1. The number of likely N-dealkylation sites (tertiary alicyclic amines) is 1. The van der Waals surface area contributed by atoms with E-state index in [9.17, 15) is 14.9 Å². The van der Waals surface area contributed by atoms with Crippen molar-refractivity contribution in [3.63, 3.8) is 0 Å². The van der Waals surface area contributed by atoms with E-state index in [1.807, 2.05) is 35.2 Å². The number of hydrogen-bond donors (Lipinski definition) is 0. The summed E-state index contributed by atoms with van der Waals surface area (Å²) in [6.07, 6.45) is 0. The Labute approximate surface area is 188 Å². The lowest BCUT2D eigenvalue weighted by molar-refractivity contribution is -0.385. The first-order chi connectivity index (χ1) is 15.4. The zero-order valence-corrected chi connectivity index (χ0v) is 18.9. The molecular weight excluding hydrogens is 410 g/mol. The van der Waals surface area contributed by atoms with Gasteiger partial charge in [-0.3, -0.25) is 19.8 Å². The molecule has 1 saturated heterocycles. The second kappa shape index (κ2) is 11.1. The summed E-state index contributed by atoms with van der Waals surface area (Å²) in [6, 6.07) is 14.9. The van der Waals surface area contributed by atoms with Crippen LogP contribution >= 0.6 is 0 Å². The van der Waals surface area contributed by atoms with Crippen molar-refractivity contribution in [2.75, 3.05) is 47.0 Å². The molecule has 2 aromatic rings. The lowest BCUT2D eigenvalue weighted by Gasteiger charge is -2.27. The summed E-state index contributed by atoms with van der Waals surface area (Å²) in [5.74, 6) is 1.17. The molecule has 8 heteroatoms. The Morgan fingerprint density at radius 1 is 1.19 bits per heavy atom. The van der Waals surface area contributed by atoms with Crippen LogP contribution in [0, 0.1) is 16.0 Å². The molecule has 2 aromatic carbocycles. The van der Waals surface area contributed by atoms with Gasteiger partial charge in [0.2, 0.25) is 5.91 Å². The molecular formula is C24H31N3O5. The lowest BCUT2D eigenvalue weighted by atomic mass is 9.88. The third-order valence-electron chi connectivity index (χ3n) is 6.09. The minimum Gasteiger partial charge on any atom is -0.497 e. The summed E-state index contributed by atoms with van der Waals surface area (Å²) in [6.45, 7) is 5.19. The van der Waals surface area contributed by atoms with Crippen molar-refractivity contribution in [2.24, 2.45) is 5.92 Å². The summed E-state index contributed by atoms with van der Waals surface area (Å²) in [4.78, 5) is 27.4. The molecule has 0 N–H and O–H groups in total. The summed E-state index contributed by atoms with van der Waals surface area (Å²) in [7, 11) is 3.27. The second-order valence-corrected chi connectivity index (χ2v) is 8.18. The Hall–Kier alpha value is -2.97. The van der Waals surface area contributed by atoms with Gasteiger partial charge in [-0.2, -0.15) is 0 Å². The van der Waals surface area contributed by atoms with Gasteiger partial charge in [0.25, 0.3) is 5.69 Å². The highest BCUT2D eigenvalue weighted by molar-refractivity contribution is 5.73. The van der Waals surface area contributed by atoms with Gasteiger partial charge in [-0.05, 0) is 23.6 Å². The molecule has 172 valence electrons. The molecule has 0 radical (unpaired) electrons. The van der Waals surface area contributed by atoms with E-state index >= 15 is 0 Å². The maximum Gasteiger partial charge on any atom is 0.273 e. The van der Waals surface area contributed by atoms with Crippen molar-refractivity contribution in [3.05, 3.63) is 69.8 Å². The van der Waals surface area contributed by atoms with Crippen LogP contribution in [0.3, 0.4) is 0 Å². The summed E-state index contributed by atoms with van der Waals surface area (Å²) in [5.41, 5.74) is 1.99. The van der Waals surface area contributed by atoms with Crippen LogP contribution in [0.5, 0.6) is 5.75 Å². The molecule has 1 amide bonds. The molecule has 0 aromatic heterocycles. The highest BCUT2D eigenvalue weighted by atomic mass is 16.6. The van der Waals surface area contributed by atoms with Crippen LogP contribution in [0.15, 0.2) is 48.5 Å². The summed E-state index contributed by atoms with van der Waals surface area (Å²) < 4.78 is 10.6. The van der Waals surface area contributed by atoms with Crippen molar-refractivity contribution in [1.82, 2.24) is 9.80 Å². The molecule has 0 aliphatic carbocycles. The predicted octanol–water partition coefficient (Wildman–Crippen LogP) is 3.31. The number of carbonyl (C=O) groups excluding carboxylic acids is 1. The molecule has 0 bridgehead atoms. The van der Waals surface area contributed by atoms with Crippen LogP contribution in [0.1, 0.15) is 24.0 Å². The van der Waals surface area contributed by atoms with E-state index in [0.29, 0.717) is 31.8 Å². The van der Waals surface area contributed by atoms with Crippen LogP contribution in [-0.2, 0) is 16.1 Å². The number of rotatable bonds is 10. The molecule has 0 spiro atoms. The molecule has 1 aliphatic rings. The van der Waals surface area contributed by atoms with Crippen LogP contribution in [0.25, 0.3) is 0 Å². The van der Waals surface area contributed by atoms with Gasteiger partial charge >= 0.3 is 0 Å². The first-order valence-corrected chi connectivity index (χ1v) is 10.8. The molecule has 1 fully saturated rings. The van der Waals surface area contributed by atoms with Gasteiger partial charge in [0, 0.05) is 64.3 Å². The van der Waals surface area contributed by atoms with Crippen molar-refractivity contribution in [1.29, 1.82) is 0 Å². The number of benzene rings is 2. The minimum atomic E-state index is -0.329. The van der Waals surface area contributed by atoms with Crippen molar-refractivity contribution in [3.8, 4) is 5.75 Å². The molecule has 1 heterocycles. The predicted molar refractivity (Wildman–Crippen MR) is 122 cm³/mol. The van der Waals surface area contributed by atoms with Crippen LogP contribution in [0.4, 0.5) is 5.69 Å². The van der Waals surface area contributed by atoms with E-state index in [1.54, 1.807) is 33.3 Å². The van der Waals surface area contributed by atoms with Gasteiger partial charge in [-0.1, -0.05) is 30.3 Å². The number of amides is 1. The van der Waals surface area contributed by atoms with Crippen molar-refractivity contribution in [2.45, 2.75) is 19.4 Å². The Bertz CT molecular complexity index is 935.